The highest BCUT2D eigenvalue weighted by molar-refractivity contribution is 7.99. The number of carbonyl (C=O) groups is 1. The zero-order valence-electron chi connectivity index (χ0n) is 11.0. The van der Waals surface area contributed by atoms with Gasteiger partial charge in [-0.1, -0.05) is 0 Å². The molecule has 0 aliphatic carbocycles. The van der Waals surface area contributed by atoms with Crippen molar-refractivity contribution >= 4 is 39.6 Å². The number of Topliss-reactive ketones (excluding diaryl/α,β-unsaturated/α-hetero) is 1. The molecule has 1 unspecified atom stereocenters. The summed E-state index contributed by atoms with van der Waals surface area (Å²) in [5.41, 5.74) is 7.65. The summed E-state index contributed by atoms with van der Waals surface area (Å²) in [6, 6.07) is 0.0995. The molecule has 0 fully saturated rings. The minimum Gasteiger partial charge on any atom is -0.396 e. The van der Waals surface area contributed by atoms with Crippen LogP contribution in [0, 0.1) is 0 Å². The predicted molar refractivity (Wildman–Crippen MR) is 81.1 cm³/mol. The Labute approximate surface area is 120 Å². The SMILES string of the molecule is CSc1c(NC(C)c2cn[nH]c2)sc(C(C)=O)c1N. The van der Waals surface area contributed by atoms with Crippen molar-refractivity contribution in [1.29, 1.82) is 0 Å². The monoisotopic (exact) mass is 296 g/mol. The largest absolute Gasteiger partial charge is 0.396 e. The minimum atomic E-state index is 0.00168. The number of nitrogens with zero attached hydrogens (tertiary/aromatic N) is 1. The molecule has 19 heavy (non-hydrogen) atoms. The lowest BCUT2D eigenvalue weighted by Crippen LogP contribution is -2.05. The van der Waals surface area contributed by atoms with Crippen molar-refractivity contribution in [3.8, 4) is 0 Å². The van der Waals surface area contributed by atoms with E-state index in [1.165, 1.54) is 18.3 Å². The van der Waals surface area contributed by atoms with Gasteiger partial charge in [-0.05, 0) is 13.2 Å². The molecule has 0 radical (unpaired) electrons. The quantitative estimate of drug-likeness (QED) is 0.583. The highest BCUT2D eigenvalue weighted by Gasteiger charge is 2.19. The molecule has 0 saturated carbocycles. The third-order valence-corrected chi connectivity index (χ3v) is 4.99. The second kappa shape index (κ2) is 5.66. The first-order chi connectivity index (χ1) is 9.04. The first-order valence-corrected chi connectivity index (χ1v) is 7.81. The van der Waals surface area contributed by atoms with E-state index in [2.05, 4.69) is 15.5 Å². The van der Waals surface area contributed by atoms with Crippen LogP contribution in [0.5, 0.6) is 0 Å². The molecule has 0 amide bonds. The highest BCUT2D eigenvalue weighted by Crippen LogP contribution is 2.43. The molecule has 5 nitrogen and oxygen atoms in total. The van der Waals surface area contributed by atoms with E-state index in [1.807, 2.05) is 19.4 Å². The fourth-order valence-electron chi connectivity index (χ4n) is 1.77. The Balaban J connectivity index is 2.29. The molecule has 2 heterocycles. The lowest BCUT2D eigenvalue weighted by molar-refractivity contribution is 0.102. The van der Waals surface area contributed by atoms with E-state index in [9.17, 15) is 4.79 Å². The van der Waals surface area contributed by atoms with Crippen molar-refractivity contribution in [1.82, 2.24) is 10.2 Å². The predicted octanol–water partition coefficient (Wildman–Crippen LogP) is 3.15. The summed E-state index contributed by atoms with van der Waals surface area (Å²) >= 11 is 2.95. The average molecular weight is 296 g/mol. The van der Waals surface area contributed by atoms with E-state index in [4.69, 9.17) is 5.73 Å². The van der Waals surface area contributed by atoms with E-state index in [0.29, 0.717) is 10.6 Å². The minimum absolute atomic E-state index is 0.00168. The molecule has 4 N–H and O–H groups in total. The van der Waals surface area contributed by atoms with Gasteiger partial charge in [0.05, 0.1) is 27.7 Å². The van der Waals surface area contributed by atoms with Crippen LogP contribution in [0.15, 0.2) is 17.3 Å². The van der Waals surface area contributed by atoms with Crippen molar-refractivity contribution in [2.75, 3.05) is 17.3 Å². The molecule has 2 rings (SSSR count). The van der Waals surface area contributed by atoms with Crippen LogP contribution in [0.2, 0.25) is 0 Å². The lowest BCUT2D eigenvalue weighted by Gasteiger charge is -2.13. The summed E-state index contributed by atoms with van der Waals surface area (Å²) in [4.78, 5) is 13.1. The maximum absolute atomic E-state index is 11.5. The third-order valence-electron chi connectivity index (χ3n) is 2.79. The first kappa shape index (κ1) is 14.0. The van der Waals surface area contributed by atoms with Gasteiger partial charge in [-0.2, -0.15) is 5.10 Å². The van der Waals surface area contributed by atoms with Crippen LogP contribution in [0.3, 0.4) is 0 Å². The number of nitrogen functional groups attached to an aromatic ring is 1. The molecule has 7 heteroatoms. The van der Waals surface area contributed by atoms with Crippen LogP contribution in [-0.2, 0) is 0 Å². The maximum atomic E-state index is 11.5. The number of hydrogen-bond donors (Lipinski definition) is 3. The van der Waals surface area contributed by atoms with Gasteiger partial charge in [0.1, 0.15) is 5.00 Å². The van der Waals surface area contributed by atoms with Crippen LogP contribution in [-0.4, -0.2) is 22.2 Å². The molecular formula is C12H16N4OS2. The summed E-state index contributed by atoms with van der Waals surface area (Å²) in [7, 11) is 0. The second-order valence-electron chi connectivity index (χ2n) is 4.16. The van der Waals surface area contributed by atoms with Crippen LogP contribution in [0.4, 0.5) is 10.7 Å². The van der Waals surface area contributed by atoms with Gasteiger partial charge in [0.25, 0.3) is 0 Å². The molecule has 0 aliphatic rings. The normalized spacial score (nSPS) is 12.4. The molecular weight excluding hydrogens is 280 g/mol. The summed E-state index contributed by atoms with van der Waals surface area (Å²) in [6.45, 7) is 3.58. The van der Waals surface area contributed by atoms with Gasteiger partial charge in [-0.25, -0.2) is 0 Å². The number of aromatic nitrogens is 2. The van der Waals surface area contributed by atoms with Gasteiger partial charge in [-0.3, -0.25) is 9.89 Å². The van der Waals surface area contributed by atoms with Crippen molar-refractivity contribution < 1.29 is 4.79 Å². The van der Waals surface area contributed by atoms with E-state index in [-0.39, 0.29) is 11.8 Å². The molecule has 0 saturated heterocycles. The van der Waals surface area contributed by atoms with Crippen molar-refractivity contribution in [3.05, 3.63) is 22.8 Å². The van der Waals surface area contributed by atoms with Gasteiger partial charge in [0.2, 0.25) is 0 Å². The van der Waals surface area contributed by atoms with Crippen LogP contribution in [0.25, 0.3) is 0 Å². The number of carbonyl (C=O) groups excluding carboxylic acids is 1. The highest BCUT2D eigenvalue weighted by atomic mass is 32.2. The molecule has 0 aliphatic heterocycles. The average Bonchev–Trinajstić information content (AvgIpc) is 2.97. The van der Waals surface area contributed by atoms with Crippen molar-refractivity contribution in [2.24, 2.45) is 0 Å². The fraction of sp³-hybridized carbons (Fsp3) is 0.333. The summed E-state index contributed by atoms with van der Waals surface area (Å²) in [6.07, 6.45) is 5.58. The Morgan fingerprint density at radius 3 is 2.89 bits per heavy atom. The van der Waals surface area contributed by atoms with Crippen LogP contribution < -0.4 is 11.1 Å². The number of anilines is 2. The van der Waals surface area contributed by atoms with Crippen LogP contribution in [0.1, 0.15) is 35.1 Å². The molecule has 2 aromatic rings. The topological polar surface area (TPSA) is 83.8 Å². The standard InChI is InChI=1S/C12H16N4OS2/c1-6(8-4-14-15-5-8)16-12-11(18-3)9(13)10(19-12)7(2)17/h4-6,16H,13H2,1-3H3,(H,14,15). The zero-order valence-corrected chi connectivity index (χ0v) is 12.6. The zero-order chi connectivity index (χ0) is 14.0. The van der Waals surface area contributed by atoms with Crippen molar-refractivity contribution in [3.63, 3.8) is 0 Å². The fourth-order valence-corrected chi connectivity index (χ4v) is 3.77. The number of H-pyrrole nitrogens is 1. The Morgan fingerprint density at radius 1 is 1.63 bits per heavy atom. The van der Waals surface area contributed by atoms with E-state index in [0.717, 1.165) is 15.5 Å². The molecule has 1 atom stereocenters. The molecule has 102 valence electrons. The van der Waals surface area contributed by atoms with Gasteiger partial charge < -0.3 is 11.1 Å². The Morgan fingerprint density at radius 2 is 2.37 bits per heavy atom. The van der Waals surface area contributed by atoms with Crippen LogP contribution >= 0.6 is 23.1 Å². The number of nitrogens with one attached hydrogen (secondary N) is 2. The number of nitrogens with two attached hydrogens (primary N) is 1. The van der Waals surface area contributed by atoms with E-state index < -0.39 is 0 Å². The maximum Gasteiger partial charge on any atom is 0.171 e. The van der Waals surface area contributed by atoms with E-state index >= 15 is 0 Å². The number of thiophene rings is 1. The third kappa shape index (κ3) is 2.76. The number of thioether (sulfide) groups is 1. The number of ketones is 1. The van der Waals surface area contributed by atoms with Gasteiger partial charge in [0.15, 0.2) is 5.78 Å². The van der Waals surface area contributed by atoms with E-state index in [1.54, 1.807) is 18.0 Å². The van der Waals surface area contributed by atoms with Gasteiger partial charge in [0, 0.05) is 18.7 Å². The van der Waals surface area contributed by atoms with Gasteiger partial charge >= 0.3 is 0 Å². The Bertz CT molecular complexity index is 577. The smallest absolute Gasteiger partial charge is 0.171 e. The second-order valence-corrected chi connectivity index (χ2v) is 6.00. The summed E-state index contributed by atoms with van der Waals surface area (Å²) in [5.74, 6) is 0.00168. The summed E-state index contributed by atoms with van der Waals surface area (Å²) < 4.78 is 0. The molecule has 0 aromatic carbocycles. The summed E-state index contributed by atoms with van der Waals surface area (Å²) in [5, 5.41) is 11.0. The number of rotatable bonds is 5. The number of hydrogen-bond acceptors (Lipinski definition) is 6. The molecule has 0 spiro atoms. The molecule has 2 aromatic heterocycles. The molecule has 0 bridgehead atoms. The Kier molecular flexibility index (Phi) is 4.16. The first-order valence-electron chi connectivity index (χ1n) is 5.77. The lowest BCUT2D eigenvalue weighted by atomic mass is 10.2. The van der Waals surface area contributed by atoms with Crippen molar-refractivity contribution in [2.45, 2.75) is 24.8 Å². The number of aromatic amines is 1. The Hall–Kier alpha value is -1.47. The van der Waals surface area contributed by atoms with Gasteiger partial charge in [-0.15, -0.1) is 23.1 Å².